The van der Waals surface area contributed by atoms with E-state index in [2.05, 4.69) is 5.10 Å². The molecule has 94 valence electrons. The molecule has 1 aliphatic rings. The minimum atomic E-state index is -0.841. The molecule has 2 rings (SSSR count). The topological polar surface area (TPSA) is 75.1 Å². The van der Waals surface area contributed by atoms with Crippen LogP contribution in [0.5, 0.6) is 0 Å². The smallest absolute Gasteiger partial charge is 0.304 e. The van der Waals surface area contributed by atoms with E-state index < -0.39 is 5.97 Å². The summed E-state index contributed by atoms with van der Waals surface area (Å²) >= 11 is 0. The predicted octanol–water partition coefficient (Wildman–Crippen LogP) is 1.87. The molecule has 0 saturated heterocycles. The average Bonchev–Trinajstić information content (AvgIpc) is 2.84. The van der Waals surface area contributed by atoms with Crippen molar-refractivity contribution < 1.29 is 9.90 Å². The van der Waals surface area contributed by atoms with Crippen LogP contribution < -0.4 is 5.56 Å². The number of aromatic nitrogens is 2. The molecule has 1 unspecified atom stereocenters. The lowest BCUT2D eigenvalue weighted by Gasteiger charge is -2.11. The Morgan fingerprint density at radius 2 is 2.24 bits per heavy atom. The summed E-state index contributed by atoms with van der Waals surface area (Å²) in [5, 5.41) is 11.8. The Balaban J connectivity index is 2.17. The number of H-pyrrole nitrogens is 1. The van der Waals surface area contributed by atoms with Crippen molar-refractivity contribution in [2.24, 2.45) is 0 Å². The number of aromatic amines is 1. The molecule has 5 nitrogen and oxygen atoms in total. The molecule has 1 saturated carbocycles. The first kappa shape index (κ1) is 12.0. The molecule has 0 aliphatic heterocycles. The maximum Gasteiger partial charge on any atom is 0.304 e. The Morgan fingerprint density at radius 1 is 1.59 bits per heavy atom. The van der Waals surface area contributed by atoms with Gasteiger partial charge in [0.1, 0.15) is 0 Å². The van der Waals surface area contributed by atoms with E-state index in [0.717, 1.165) is 31.4 Å². The van der Waals surface area contributed by atoms with Crippen LogP contribution in [0.15, 0.2) is 10.9 Å². The van der Waals surface area contributed by atoms with Gasteiger partial charge in [-0.05, 0) is 12.8 Å². The minimum absolute atomic E-state index is 0.0378. The SMILES string of the molecule is CC(CC(=O)O)c1cc(=O)n(C2CCCC2)[nH]1. The summed E-state index contributed by atoms with van der Waals surface area (Å²) in [7, 11) is 0. The predicted molar refractivity (Wildman–Crippen MR) is 63.2 cm³/mol. The summed E-state index contributed by atoms with van der Waals surface area (Å²) in [5.74, 6) is -0.991. The van der Waals surface area contributed by atoms with Crippen molar-refractivity contribution in [2.75, 3.05) is 0 Å². The van der Waals surface area contributed by atoms with E-state index in [1.165, 1.54) is 6.07 Å². The molecule has 1 aromatic rings. The normalized spacial score (nSPS) is 18.4. The summed E-state index contributed by atoms with van der Waals surface area (Å²) in [4.78, 5) is 22.4. The quantitative estimate of drug-likeness (QED) is 0.840. The molecule has 0 radical (unpaired) electrons. The van der Waals surface area contributed by atoms with Gasteiger partial charge < -0.3 is 5.11 Å². The molecule has 1 aliphatic carbocycles. The highest BCUT2D eigenvalue weighted by molar-refractivity contribution is 5.67. The summed E-state index contributed by atoms with van der Waals surface area (Å²) in [5.41, 5.74) is 0.688. The molecule has 0 aromatic carbocycles. The maximum atomic E-state index is 11.8. The molecular weight excluding hydrogens is 220 g/mol. The van der Waals surface area contributed by atoms with Crippen LogP contribution in [0.3, 0.4) is 0 Å². The molecule has 5 heteroatoms. The minimum Gasteiger partial charge on any atom is -0.481 e. The van der Waals surface area contributed by atoms with Crippen LogP contribution in [0.4, 0.5) is 0 Å². The van der Waals surface area contributed by atoms with Gasteiger partial charge in [-0.25, -0.2) is 4.68 Å². The van der Waals surface area contributed by atoms with E-state index in [-0.39, 0.29) is 23.9 Å². The van der Waals surface area contributed by atoms with Crippen LogP contribution in [0.2, 0.25) is 0 Å². The van der Waals surface area contributed by atoms with Crippen molar-refractivity contribution in [1.29, 1.82) is 0 Å². The van der Waals surface area contributed by atoms with Gasteiger partial charge in [0.2, 0.25) is 0 Å². The van der Waals surface area contributed by atoms with E-state index in [9.17, 15) is 9.59 Å². The van der Waals surface area contributed by atoms with Crippen molar-refractivity contribution in [1.82, 2.24) is 9.78 Å². The van der Waals surface area contributed by atoms with Crippen molar-refractivity contribution >= 4 is 5.97 Å². The third-order valence-corrected chi connectivity index (χ3v) is 3.47. The Morgan fingerprint density at radius 3 is 2.82 bits per heavy atom. The molecule has 1 heterocycles. The molecule has 0 bridgehead atoms. The second-order valence-corrected chi connectivity index (χ2v) is 4.86. The summed E-state index contributed by atoms with van der Waals surface area (Å²) < 4.78 is 1.67. The van der Waals surface area contributed by atoms with Gasteiger partial charge in [-0.2, -0.15) is 0 Å². The van der Waals surface area contributed by atoms with E-state index >= 15 is 0 Å². The van der Waals surface area contributed by atoms with Gasteiger partial charge in [0, 0.05) is 17.7 Å². The molecule has 1 atom stereocenters. The van der Waals surface area contributed by atoms with Gasteiger partial charge in [0.05, 0.1) is 12.5 Å². The van der Waals surface area contributed by atoms with Crippen LogP contribution in [0.1, 0.15) is 56.7 Å². The van der Waals surface area contributed by atoms with Crippen LogP contribution in [0.25, 0.3) is 0 Å². The average molecular weight is 238 g/mol. The zero-order valence-electron chi connectivity index (χ0n) is 9.98. The number of nitrogens with one attached hydrogen (secondary N) is 1. The lowest BCUT2D eigenvalue weighted by atomic mass is 10.1. The van der Waals surface area contributed by atoms with Crippen molar-refractivity contribution in [3.8, 4) is 0 Å². The van der Waals surface area contributed by atoms with Gasteiger partial charge in [-0.15, -0.1) is 0 Å². The van der Waals surface area contributed by atoms with Crippen LogP contribution in [-0.2, 0) is 4.79 Å². The Hall–Kier alpha value is -1.52. The molecule has 0 spiro atoms. The highest BCUT2D eigenvalue weighted by atomic mass is 16.4. The number of hydrogen-bond acceptors (Lipinski definition) is 2. The summed E-state index contributed by atoms with van der Waals surface area (Å²) in [6.45, 7) is 1.82. The first-order valence-electron chi connectivity index (χ1n) is 6.11. The van der Waals surface area contributed by atoms with Crippen molar-refractivity contribution in [3.63, 3.8) is 0 Å². The number of carbonyl (C=O) groups is 1. The molecule has 0 amide bonds. The number of aliphatic carboxylic acids is 1. The van der Waals surface area contributed by atoms with Crippen molar-refractivity contribution in [3.05, 3.63) is 22.1 Å². The highest BCUT2D eigenvalue weighted by Crippen LogP contribution is 2.28. The third kappa shape index (κ3) is 2.60. The van der Waals surface area contributed by atoms with Gasteiger partial charge in [0.25, 0.3) is 5.56 Å². The first-order valence-corrected chi connectivity index (χ1v) is 6.11. The van der Waals surface area contributed by atoms with E-state index in [1.54, 1.807) is 4.68 Å². The second kappa shape index (κ2) is 4.77. The largest absolute Gasteiger partial charge is 0.481 e. The first-order chi connectivity index (χ1) is 8.08. The fourth-order valence-electron chi connectivity index (χ4n) is 2.49. The third-order valence-electron chi connectivity index (χ3n) is 3.47. The Labute approximate surface area is 99.4 Å². The lowest BCUT2D eigenvalue weighted by Crippen LogP contribution is -2.19. The molecule has 17 heavy (non-hydrogen) atoms. The monoisotopic (exact) mass is 238 g/mol. The second-order valence-electron chi connectivity index (χ2n) is 4.86. The van der Waals surface area contributed by atoms with Gasteiger partial charge in [0.15, 0.2) is 0 Å². The fraction of sp³-hybridized carbons (Fsp3) is 0.667. The maximum absolute atomic E-state index is 11.8. The lowest BCUT2D eigenvalue weighted by molar-refractivity contribution is -0.137. The van der Waals surface area contributed by atoms with E-state index in [4.69, 9.17) is 5.11 Å². The fourth-order valence-corrected chi connectivity index (χ4v) is 2.49. The summed E-state index contributed by atoms with van der Waals surface area (Å²) in [6.07, 6.45) is 4.44. The van der Waals surface area contributed by atoms with Crippen LogP contribution in [-0.4, -0.2) is 20.9 Å². The number of carboxylic acids is 1. The molecule has 2 N–H and O–H groups in total. The van der Waals surface area contributed by atoms with Gasteiger partial charge in [-0.3, -0.25) is 14.7 Å². The number of nitrogens with zero attached hydrogens (tertiary/aromatic N) is 1. The Kier molecular flexibility index (Phi) is 3.36. The van der Waals surface area contributed by atoms with Crippen LogP contribution in [0, 0.1) is 0 Å². The summed E-state index contributed by atoms with van der Waals surface area (Å²) in [6, 6.07) is 1.81. The van der Waals surface area contributed by atoms with Gasteiger partial charge >= 0.3 is 5.97 Å². The van der Waals surface area contributed by atoms with E-state index in [0.29, 0.717) is 0 Å². The number of carboxylic acid groups (broad SMARTS) is 1. The van der Waals surface area contributed by atoms with Crippen LogP contribution >= 0.6 is 0 Å². The molecule has 1 aromatic heterocycles. The standard InChI is InChI=1S/C12H18N2O3/c1-8(6-12(16)17)10-7-11(15)14(13-10)9-4-2-3-5-9/h7-9,13H,2-6H2,1H3,(H,16,17). The zero-order chi connectivity index (χ0) is 12.4. The van der Waals surface area contributed by atoms with Crippen molar-refractivity contribution in [2.45, 2.75) is 51.0 Å². The van der Waals surface area contributed by atoms with E-state index in [1.807, 2.05) is 6.92 Å². The zero-order valence-corrected chi connectivity index (χ0v) is 9.98. The van der Waals surface area contributed by atoms with Gasteiger partial charge in [-0.1, -0.05) is 19.8 Å². The number of hydrogen-bond donors (Lipinski definition) is 2. The molecule has 1 fully saturated rings. The number of rotatable bonds is 4. The Bertz CT molecular complexity index is 455. The highest BCUT2D eigenvalue weighted by Gasteiger charge is 2.21. The molecular formula is C12H18N2O3.